The van der Waals surface area contributed by atoms with Crippen LogP contribution < -0.4 is 29.6 Å². The minimum absolute atomic E-state index is 0. The number of rotatable bonds is 16. The van der Waals surface area contributed by atoms with Crippen molar-refractivity contribution in [1.82, 2.24) is 0 Å². The number of unbranched alkanes of at least 4 members (excludes halogenated alkanes) is 9. The van der Waals surface area contributed by atoms with Crippen LogP contribution in [0, 0.1) is 0 Å². The van der Waals surface area contributed by atoms with E-state index in [1.165, 1.54) is 38.5 Å². The van der Waals surface area contributed by atoms with E-state index in [-0.39, 0.29) is 36.2 Å². The van der Waals surface area contributed by atoms with Crippen molar-refractivity contribution < 1.29 is 46.7 Å². The van der Waals surface area contributed by atoms with E-state index < -0.39 is 10.4 Å². The Morgan fingerprint density at radius 3 is 1.83 bits per heavy atom. The molecule has 0 saturated heterocycles. The zero-order valence-electron chi connectivity index (χ0n) is 15.5. The monoisotopic (exact) mass is 368 g/mol. The van der Waals surface area contributed by atoms with Gasteiger partial charge in [-0.05, 0) is 38.5 Å². The fourth-order valence-electron chi connectivity index (χ4n) is 2.25. The molecule has 0 radical (unpaired) electrons. The van der Waals surface area contributed by atoms with E-state index in [0.29, 0.717) is 6.42 Å². The largest absolute Gasteiger partial charge is 1.00 e. The maximum Gasteiger partial charge on any atom is 1.00 e. The van der Waals surface area contributed by atoms with Crippen LogP contribution in [0.2, 0.25) is 0 Å². The first kappa shape index (κ1) is 26.6. The standard InChI is InChI=1S/C18H34O4S.Na/c1-2-3-4-5-6-7-8-9-10-11-12-13-14-15-16-17-18-22-23(19,20)21;/h6-7,9-10H,2-5,8,11-18H2,1H3,(H,19,20,21);/q;+1/p-1/b7-6+,10-9+;. The third-order valence-corrected chi connectivity index (χ3v) is 4.03. The molecule has 0 fully saturated rings. The summed E-state index contributed by atoms with van der Waals surface area (Å²) in [6.07, 6.45) is 22.4. The summed E-state index contributed by atoms with van der Waals surface area (Å²) in [7, 11) is -4.51. The molecule has 6 heteroatoms. The summed E-state index contributed by atoms with van der Waals surface area (Å²) >= 11 is 0. The summed E-state index contributed by atoms with van der Waals surface area (Å²) in [6.45, 7) is 2.24. The molecule has 0 spiro atoms. The summed E-state index contributed by atoms with van der Waals surface area (Å²) in [5.74, 6) is 0. The molecular weight excluding hydrogens is 335 g/mol. The van der Waals surface area contributed by atoms with E-state index in [4.69, 9.17) is 0 Å². The van der Waals surface area contributed by atoms with Crippen molar-refractivity contribution in [1.29, 1.82) is 0 Å². The Hall–Kier alpha value is 0.350. The average molecular weight is 369 g/mol. The van der Waals surface area contributed by atoms with E-state index in [1.54, 1.807) is 0 Å². The van der Waals surface area contributed by atoms with Crippen LogP contribution in [0.4, 0.5) is 0 Å². The van der Waals surface area contributed by atoms with Crippen molar-refractivity contribution in [2.45, 2.75) is 84.0 Å². The van der Waals surface area contributed by atoms with Crippen LogP contribution in [0.3, 0.4) is 0 Å². The molecule has 0 unspecified atom stereocenters. The van der Waals surface area contributed by atoms with Gasteiger partial charge in [-0.15, -0.1) is 0 Å². The molecule has 0 aromatic rings. The predicted molar refractivity (Wildman–Crippen MR) is 95.0 cm³/mol. The fraction of sp³-hybridized carbons (Fsp3) is 0.778. The second kappa shape index (κ2) is 19.7. The van der Waals surface area contributed by atoms with Crippen molar-refractivity contribution in [2.75, 3.05) is 6.61 Å². The summed E-state index contributed by atoms with van der Waals surface area (Å²) in [5.41, 5.74) is 0. The van der Waals surface area contributed by atoms with Gasteiger partial charge in [0.2, 0.25) is 10.4 Å². The van der Waals surface area contributed by atoms with E-state index in [1.807, 2.05) is 0 Å². The van der Waals surface area contributed by atoms with Crippen LogP contribution in [-0.2, 0) is 14.6 Å². The number of hydrogen-bond acceptors (Lipinski definition) is 4. The van der Waals surface area contributed by atoms with Gasteiger partial charge in [-0.3, -0.25) is 4.18 Å². The molecule has 0 heterocycles. The molecule has 0 bridgehead atoms. The molecule has 0 aliphatic carbocycles. The van der Waals surface area contributed by atoms with Gasteiger partial charge in [0.05, 0.1) is 6.61 Å². The van der Waals surface area contributed by atoms with Crippen molar-refractivity contribution in [3.8, 4) is 0 Å². The van der Waals surface area contributed by atoms with E-state index in [0.717, 1.165) is 32.1 Å². The van der Waals surface area contributed by atoms with E-state index in [9.17, 15) is 13.0 Å². The maximum absolute atomic E-state index is 10.2. The minimum Gasteiger partial charge on any atom is -0.726 e. The van der Waals surface area contributed by atoms with Gasteiger partial charge in [0, 0.05) is 0 Å². The zero-order valence-corrected chi connectivity index (χ0v) is 18.4. The average Bonchev–Trinajstić information content (AvgIpc) is 2.49. The molecular formula is C18H33NaO4S. The molecule has 24 heavy (non-hydrogen) atoms. The molecule has 136 valence electrons. The topological polar surface area (TPSA) is 66.4 Å². The zero-order chi connectivity index (χ0) is 17.2. The molecule has 0 atom stereocenters. The second-order valence-corrected chi connectivity index (χ2v) is 6.87. The predicted octanol–water partition coefficient (Wildman–Crippen LogP) is 2.28. The molecule has 0 N–H and O–H groups in total. The summed E-state index contributed by atoms with van der Waals surface area (Å²) in [5, 5.41) is 0. The normalized spacial score (nSPS) is 12.1. The Morgan fingerprint density at radius 2 is 1.29 bits per heavy atom. The third-order valence-electron chi connectivity index (χ3n) is 3.57. The van der Waals surface area contributed by atoms with Crippen LogP contribution in [0.25, 0.3) is 0 Å². The van der Waals surface area contributed by atoms with Gasteiger partial charge in [-0.2, -0.15) is 0 Å². The molecule has 0 aliphatic heterocycles. The first-order chi connectivity index (χ1) is 11.1. The van der Waals surface area contributed by atoms with Gasteiger partial charge < -0.3 is 4.55 Å². The van der Waals surface area contributed by atoms with Gasteiger partial charge in [0.1, 0.15) is 0 Å². The minimum atomic E-state index is -4.51. The molecule has 0 aliphatic rings. The van der Waals surface area contributed by atoms with Crippen LogP contribution in [0.15, 0.2) is 24.3 Å². The summed E-state index contributed by atoms with van der Waals surface area (Å²) < 4.78 is 34.8. The van der Waals surface area contributed by atoms with E-state index in [2.05, 4.69) is 35.4 Å². The molecule has 0 rings (SSSR count). The first-order valence-corrected chi connectivity index (χ1v) is 10.3. The van der Waals surface area contributed by atoms with Gasteiger partial charge in [0.25, 0.3) is 0 Å². The van der Waals surface area contributed by atoms with Gasteiger partial charge >= 0.3 is 29.6 Å². The molecule has 0 aromatic carbocycles. The second-order valence-electron chi connectivity index (χ2n) is 5.81. The van der Waals surface area contributed by atoms with Gasteiger partial charge in [-0.25, -0.2) is 8.42 Å². The smallest absolute Gasteiger partial charge is 0.726 e. The molecule has 0 amide bonds. The van der Waals surface area contributed by atoms with Crippen LogP contribution in [-0.4, -0.2) is 19.6 Å². The molecule has 0 aromatic heterocycles. The van der Waals surface area contributed by atoms with Crippen molar-refractivity contribution in [3.63, 3.8) is 0 Å². The van der Waals surface area contributed by atoms with Gasteiger partial charge in [0.15, 0.2) is 0 Å². The third kappa shape index (κ3) is 24.6. The van der Waals surface area contributed by atoms with E-state index >= 15 is 0 Å². The van der Waals surface area contributed by atoms with Crippen LogP contribution >= 0.6 is 0 Å². The summed E-state index contributed by atoms with van der Waals surface area (Å²) in [6, 6.07) is 0. The fourth-order valence-corrected chi connectivity index (χ4v) is 2.57. The van der Waals surface area contributed by atoms with Crippen molar-refractivity contribution in [3.05, 3.63) is 24.3 Å². The Balaban J connectivity index is 0. The SMILES string of the molecule is CCCCC/C=C/C/C=C/CCCCCCCCOS(=O)(=O)[O-].[Na+]. The van der Waals surface area contributed by atoms with Crippen molar-refractivity contribution >= 4 is 10.4 Å². The van der Waals surface area contributed by atoms with Gasteiger partial charge in [-0.1, -0.05) is 69.8 Å². The molecule has 0 saturated carbocycles. The number of allylic oxidation sites excluding steroid dienone is 4. The maximum atomic E-state index is 10.2. The van der Waals surface area contributed by atoms with Crippen LogP contribution in [0.1, 0.15) is 84.0 Å². The van der Waals surface area contributed by atoms with Crippen LogP contribution in [0.5, 0.6) is 0 Å². The van der Waals surface area contributed by atoms with Crippen molar-refractivity contribution in [2.24, 2.45) is 0 Å². The Kier molecular flexibility index (Phi) is 21.8. The molecule has 4 nitrogen and oxygen atoms in total. The Labute approximate surface area is 171 Å². The summed E-state index contributed by atoms with van der Waals surface area (Å²) in [4.78, 5) is 0. The number of hydrogen-bond donors (Lipinski definition) is 0. The quantitative estimate of drug-likeness (QED) is 0.138. The Bertz CT molecular complexity index is 405. The Morgan fingerprint density at radius 1 is 0.792 bits per heavy atom. The first-order valence-electron chi connectivity index (χ1n) is 8.96.